The van der Waals surface area contributed by atoms with Gasteiger partial charge in [0.15, 0.2) is 5.82 Å². The maximum absolute atomic E-state index is 8.87. The van der Waals surface area contributed by atoms with Crippen LogP contribution in [0.2, 0.25) is 5.02 Å². The number of anilines is 2. The van der Waals surface area contributed by atoms with Gasteiger partial charge in [-0.25, -0.2) is 4.98 Å². The molecule has 1 heterocycles. The van der Waals surface area contributed by atoms with E-state index in [0.717, 1.165) is 11.3 Å². The highest BCUT2D eigenvalue weighted by atomic mass is 35.5. The van der Waals surface area contributed by atoms with Crippen LogP contribution in [0.1, 0.15) is 11.1 Å². The summed E-state index contributed by atoms with van der Waals surface area (Å²) in [6, 6.07) is 10.9. The van der Waals surface area contributed by atoms with Crippen molar-refractivity contribution < 1.29 is 0 Å². The highest BCUT2D eigenvalue weighted by molar-refractivity contribution is 6.34. The molecule has 0 spiro atoms. The summed E-state index contributed by atoms with van der Waals surface area (Å²) in [4.78, 5) is 4.09. The average molecular weight is 254 g/mol. The van der Waals surface area contributed by atoms with E-state index in [0.29, 0.717) is 16.4 Å². The Kier molecular flexibility index (Phi) is 3.48. The number of terminal acetylenes is 1. The van der Waals surface area contributed by atoms with E-state index in [1.165, 1.54) is 6.20 Å². The van der Waals surface area contributed by atoms with Gasteiger partial charge in [-0.3, -0.25) is 0 Å². The highest BCUT2D eigenvalue weighted by Crippen LogP contribution is 2.26. The molecule has 0 aliphatic carbocycles. The van der Waals surface area contributed by atoms with Crippen LogP contribution in [0.4, 0.5) is 11.5 Å². The average Bonchev–Trinajstić information content (AvgIpc) is 2.41. The second-order valence-corrected chi connectivity index (χ2v) is 3.86. The van der Waals surface area contributed by atoms with Gasteiger partial charge in [0.05, 0.1) is 5.56 Å². The summed E-state index contributed by atoms with van der Waals surface area (Å²) in [5.74, 6) is 2.98. The summed E-state index contributed by atoms with van der Waals surface area (Å²) in [6.07, 6.45) is 6.85. The number of hydrogen-bond acceptors (Lipinski definition) is 3. The Labute approximate surface area is 110 Å². The minimum absolute atomic E-state index is 0.297. The van der Waals surface area contributed by atoms with E-state index >= 15 is 0 Å². The molecule has 0 unspecified atom stereocenters. The molecule has 0 bridgehead atoms. The number of pyridine rings is 1. The lowest BCUT2D eigenvalue weighted by molar-refractivity contribution is 1.29. The molecule has 0 aliphatic heterocycles. The fourth-order valence-electron chi connectivity index (χ4n) is 1.44. The van der Waals surface area contributed by atoms with Gasteiger partial charge in [-0.1, -0.05) is 23.6 Å². The van der Waals surface area contributed by atoms with E-state index in [-0.39, 0.29) is 0 Å². The van der Waals surface area contributed by atoms with Crippen molar-refractivity contribution in [2.75, 3.05) is 5.32 Å². The van der Waals surface area contributed by atoms with E-state index in [2.05, 4.69) is 16.2 Å². The second kappa shape index (κ2) is 5.23. The molecule has 0 amide bonds. The number of rotatable bonds is 2. The Hall–Kier alpha value is -2.49. The Bertz CT molecular complexity index is 665. The summed E-state index contributed by atoms with van der Waals surface area (Å²) >= 11 is 6.04. The third-order valence-corrected chi connectivity index (χ3v) is 2.68. The van der Waals surface area contributed by atoms with Gasteiger partial charge in [0.1, 0.15) is 11.1 Å². The third-order valence-electron chi connectivity index (χ3n) is 2.30. The molecule has 0 atom stereocenters. The molecule has 0 fully saturated rings. The van der Waals surface area contributed by atoms with Crippen LogP contribution in [0.15, 0.2) is 36.5 Å². The van der Waals surface area contributed by atoms with Crippen molar-refractivity contribution in [3.8, 4) is 18.4 Å². The first-order valence-electron chi connectivity index (χ1n) is 5.13. The molecule has 2 aromatic rings. The fraction of sp³-hybridized carbons (Fsp3) is 0. The molecule has 1 aromatic heterocycles. The van der Waals surface area contributed by atoms with Crippen LogP contribution in [-0.4, -0.2) is 4.98 Å². The lowest BCUT2D eigenvalue weighted by atomic mass is 10.2. The Morgan fingerprint density at radius 3 is 2.89 bits per heavy atom. The van der Waals surface area contributed by atoms with Gasteiger partial charge in [0.2, 0.25) is 0 Å². The number of benzene rings is 1. The number of nitriles is 1. The Morgan fingerprint density at radius 1 is 1.33 bits per heavy atom. The minimum Gasteiger partial charge on any atom is -0.339 e. The Morgan fingerprint density at radius 2 is 2.17 bits per heavy atom. The molecule has 0 radical (unpaired) electrons. The Balaban J connectivity index is 2.35. The van der Waals surface area contributed by atoms with Crippen LogP contribution in [0.5, 0.6) is 0 Å². The molecule has 0 aliphatic rings. The summed E-state index contributed by atoms with van der Waals surface area (Å²) in [6.45, 7) is 0. The molecular formula is C14H8ClN3. The molecule has 18 heavy (non-hydrogen) atoms. The predicted octanol–water partition coefficient (Wildman–Crippen LogP) is 3.33. The summed E-state index contributed by atoms with van der Waals surface area (Å²) < 4.78 is 0. The first-order valence-corrected chi connectivity index (χ1v) is 5.50. The molecule has 3 nitrogen and oxygen atoms in total. The van der Waals surface area contributed by atoms with Crippen molar-refractivity contribution in [3.05, 3.63) is 52.7 Å². The van der Waals surface area contributed by atoms with Gasteiger partial charge >= 0.3 is 0 Å². The van der Waals surface area contributed by atoms with E-state index in [1.54, 1.807) is 12.1 Å². The molecule has 2 rings (SSSR count). The van der Waals surface area contributed by atoms with Crippen LogP contribution in [0.3, 0.4) is 0 Å². The SMILES string of the molecule is C#Cc1cccc(Nc2nccc(C#N)c2Cl)c1. The summed E-state index contributed by atoms with van der Waals surface area (Å²) in [7, 11) is 0. The maximum atomic E-state index is 8.87. The third kappa shape index (κ3) is 2.43. The van der Waals surface area contributed by atoms with Crippen LogP contribution in [0.25, 0.3) is 0 Å². The highest BCUT2D eigenvalue weighted by Gasteiger charge is 2.07. The lowest BCUT2D eigenvalue weighted by Gasteiger charge is -2.08. The molecule has 1 N–H and O–H groups in total. The number of hydrogen-bond donors (Lipinski definition) is 1. The first kappa shape index (κ1) is 12.0. The van der Waals surface area contributed by atoms with Crippen molar-refractivity contribution in [3.63, 3.8) is 0 Å². The van der Waals surface area contributed by atoms with E-state index in [1.807, 2.05) is 24.3 Å². The molecule has 4 heteroatoms. The van der Waals surface area contributed by atoms with Gasteiger partial charge in [0, 0.05) is 17.4 Å². The zero-order chi connectivity index (χ0) is 13.0. The van der Waals surface area contributed by atoms with Gasteiger partial charge < -0.3 is 5.32 Å². The lowest BCUT2D eigenvalue weighted by Crippen LogP contribution is -1.96. The van der Waals surface area contributed by atoms with E-state index in [9.17, 15) is 0 Å². The summed E-state index contributed by atoms with van der Waals surface area (Å²) in [5.41, 5.74) is 1.91. The van der Waals surface area contributed by atoms with Crippen LogP contribution >= 0.6 is 11.6 Å². The van der Waals surface area contributed by atoms with Gasteiger partial charge in [0.25, 0.3) is 0 Å². The molecular weight excluding hydrogens is 246 g/mol. The van der Waals surface area contributed by atoms with Crippen LogP contribution < -0.4 is 5.32 Å². The maximum Gasteiger partial charge on any atom is 0.150 e. The first-order chi connectivity index (χ1) is 8.74. The van der Waals surface area contributed by atoms with Crippen molar-refractivity contribution in [2.24, 2.45) is 0 Å². The molecule has 0 saturated carbocycles. The smallest absolute Gasteiger partial charge is 0.150 e. The normalized spacial score (nSPS) is 9.28. The van der Waals surface area contributed by atoms with Gasteiger partial charge in [-0.15, -0.1) is 6.42 Å². The van der Waals surface area contributed by atoms with E-state index in [4.69, 9.17) is 23.3 Å². The predicted molar refractivity (Wildman–Crippen MR) is 71.6 cm³/mol. The number of halogens is 1. The van der Waals surface area contributed by atoms with Crippen molar-refractivity contribution in [2.45, 2.75) is 0 Å². The molecule has 86 valence electrons. The number of nitrogens with one attached hydrogen (secondary N) is 1. The zero-order valence-electron chi connectivity index (χ0n) is 9.31. The number of aromatic nitrogens is 1. The quantitative estimate of drug-likeness (QED) is 0.835. The minimum atomic E-state index is 0.297. The fourth-order valence-corrected chi connectivity index (χ4v) is 1.64. The largest absolute Gasteiger partial charge is 0.339 e. The molecule has 0 saturated heterocycles. The van der Waals surface area contributed by atoms with Crippen LogP contribution in [0, 0.1) is 23.7 Å². The van der Waals surface area contributed by atoms with Gasteiger partial charge in [-0.05, 0) is 24.3 Å². The van der Waals surface area contributed by atoms with Gasteiger partial charge in [-0.2, -0.15) is 5.26 Å². The monoisotopic (exact) mass is 253 g/mol. The van der Waals surface area contributed by atoms with Crippen molar-refractivity contribution in [1.82, 2.24) is 4.98 Å². The van der Waals surface area contributed by atoms with Crippen molar-refractivity contribution >= 4 is 23.1 Å². The topological polar surface area (TPSA) is 48.7 Å². The second-order valence-electron chi connectivity index (χ2n) is 3.48. The van der Waals surface area contributed by atoms with Crippen molar-refractivity contribution in [1.29, 1.82) is 5.26 Å². The summed E-state index contributed by atoms with van der Waals surface area (Å²) in [5, 5.41) is 12.2. The van der Waals surface area contributed by atoms with E-state index < -0.39 is 0 Å². The standard InChI is InChI=1S/C14H8ClN3/c1-2-10-4-3-5-12(8-10)18-14-13(15)11(9-16)6-7-17-14/h1,3-8H,(H,17,18). The van der Waals surface area contributed by atoms with Crippen LogP contribution in [-0.2, 0) is 0 Å². The molecule has 1 aromatic carbocycles. The number of nitrogens with zero attached hydrogens (tertiary/aromatic N) is 2. The zero-order valence-corrected chi connectivity index (χ0v) is 10.1.